The molecular weight excluding hydrogens is 264 g/mol. The van der Waals surface area contributed by atoms with Crippen molar-refractivity contribution in [2.24, 2.45) is 5.92 Å². The number of hydrogen-bond donors (Lipinski definition) is 2. The minimum absolute atomic E-state index is 0.717. The summed E-state index contributed by atoms with van der Waals surface area (Å²) in [6.07, 6.45) is 10.8. The van der Waals surface area contributed by atoms with E-state index in [2.05, 4.69) is 27.5 Å². The van der Waals surface area contributed by atoms with Gasteiger partial charge < -0.3 is 15.4 Å². The fourth-order valence-corrected chi connectivity index (χ4v) is 2.93. The Bertz CT molecular complexity index is 419. The van der Waals surface area contributed by atoms with E-state index in [1.54, 1.807) is 13.4 Å². The standard InChI is InChI=1S/C16H28N4O/c1-3-10-17-15-14(21-2)16(20-12-19-15)18-11-9-13-7-5-4-6-8-13/h12-13H,3-11H2,1-2H3,(H2,17,18,19,20). The van der Waals surface area contributed by atoms with Crippen LogP contribution in [0.3, 0.4) is 0 Å². The van der Waals surface area contributed by atoms with Gasteiger partial charge >= 0.3 is 0 Å². The fraction of sp³-hybridized carbons (Fsp3) is 0.750. The minimum atomic E-state index is 0.717. The largest absolute Gasteiger partial charge is 0.490 e. The van der Waals surface area contributed by atoms with Gasteiger partial charge in [0.2, 0.25) is 5.75 Å². The average Bonchev–Trinajstić information content (AvgIpc) is 2.54. The molecule has 2 rings (SSSR count). The highest BCUT2D eigenvalue weighted by atomic mass is 16.5. The molecular formula is C16H28N4O. The summed E-state index contributed by atoms with van der Waals surface area (Å²) in [5.74, 6) is 3.16. The average molecular weight is 292 g/mol. The molecule has 21 heavy (non-hydrogen) atoms. The zero-order chi connectivity index (χ0) is 14.9. The van der Waals surface area contributed by atoms with Gasteiger partial charge in [0, 0.05) is 13.1 Å². The van der Waals surface area contributed by atoms with Crippen LogP contribution in [0.5, 0.6) is 5.75 Å². The first-order valence-corrected chi connectivity index (χ1v) is 8.21. The molecule has 118 valence electrons. The van der Waals surface area contributed by atoms with Gasteiger partial charge in [-0.05, 0) is 18.8 Å². The normalized spacial score (nSPS) is 15.7. The van der Waals surface area contributed by atoms with Crippen molar-refractivity contribution in [3.05, 3.63) is 6.33 Å². The molecule has 1 aromatic heterocycles. The van der Waals surface area contributed by atoms with Crippen molar-refractivity contribution >= 4 is 11.6 Å². The first-order chi connectivity index (χ1) is 10.3. The summed E-state index contributed by atoms with van der Waals surface area (Å²) in [6, 6.07) is 0. The van der Waals surface area contributed by atoms with Crippen molar-refractivity contribution in [2.45, 2.75) is 51.9 Å². The molecule has 5 nitrogen and oxygen atoms in total. The first-order valence-electron chi connectivity index (χ1n) is 8.21. The van der Waals surface area contributed by atoms with Gasteiger partial charge in [-0.1, -0.05) is 39.0 Å². The monoisotopic (exact) mass is 292 g/mol. The lowest BCUT2D eigenvalue weighted by Gasteiger charge is -2.22. The molecule has 0 aromatic carbocycles. The summed E-state index contributed by atoms with van der Waals surface area (Å²) in [4.78, 5) is 8.57. The van der Waals surface area contributed by atoms with E-state index in [0.29, 0.717) is 0 Å². The lowest BCUT2D eigenvalue weighted by Crippen LogP contribution is -2.14. The van der Waals surface area contributed by atoms with Crippen LogP contribution in [-0.2, 0) is 0 Å². The van der Waals surface area contributed by atoms with E-state index in [-0.39, 0.29) is 0 Å². The fourth-order valence-electron chi connectivity index (χ4n) is 2.93. The van der Waals surface area contributed by atoms with Crippen molar-refractivity contribution in [1.29, 1.82) is 0 Å². The lowest BCUT2D eigenvalue weighted by molar-refractivity contribution is 0.345. The van der Waals surface area contributed by atoms with E-state index < -0.39 is 0 Å². The third-order valence-corrected chi connectivity index (χ3v) is 4.12. The van der Waals surface area contributed by atoms with Crippen LogP contribution in [0.2, 0.25) is 0 Å². The van der Waals surface area contributed by atoms with Crippen LogP contribution in [-0.4, -0.2) is 30.2 Å². The molecule has 0 aliphatic heterocycles. The first kappa shape index (κ1) is 15.9. The Balaban J connectivity index is 1.89. The molecule has 2 N–H and O–H groups in total. The smallest absolute Gasteiger partial charge is 0.204 e. The Morgan fingerprint density at radius 2 is 1.76 bits per heavy atom. The molecule has 0 bridgehead atoms. The van der Waals surface area contributed by atoms with E-state index in [1.165, 1.54) is 38.5 Å². The predicted octanol–water partition coefficient (Wildman–Crippen LogP) is 3.69. The molecule has 1 aliphatic carbocycles. The van der Waals surface area contributed by atoms with Gasteiger partial charge in [-0.15, -0.1) is 0 Å². The van der Waals surface area contributed by atoms with Crippen LogP contribution in [0.25, 0.3) is 0 Å². The van der Waals surface area contributed by atoms with Crippen LogP contribution in [0.15, 0.2) is 6.33 Å². The predicted molar refractivity (Wildman–Crippen MR) is 87.0 cm³/mol. The van der Waals surface area contributed by atoms with E-state index in [9.17, 15) is 0 Å². The summed E-state index contributed by atoms with van der Waals surface area (Å²) in [5.41, 5.74) is 0. The molecule has 5 heteroatoms. The summed E-state index contributed by atoms with van der Waals surface area (Å²) in [7, 11) is 1.67. The van der Waals surface area contributed by atoms with Crippen molar-refractivity contribution in [3.63, 3.8) is 0 Å². The second-order valence-corrected chi connectivity index (χ2v) is 5.75. The molecule has 1 fully saturated rings. The van der Waals surface area contributed by atoms with Crippen LogP contribution in [0, 0.1) is 5.92 Å². The van der Waals surface area contributed by atoms with Gasteiger partial charge in [-0.3, -0.25) is 0 Å². The number of anilines is 2. The summed E-state index contributed by atoms with van der Waals surface area (Å²) < 4.78 is 5.47. The second kappa shape index (κ2) is 8.70. The SMILES string of the molecule is CCCNc1ncnc(NCCC2CCCCC2)c1OC. The number of nitrogens with one attached hydrogen (secondary N) is 2. The molecule has 0 saturated heterocycles. The summed E-state index contributed by atoms with van der Waals surface area (Å²) in [6.45, 7) is 3.96. The van der Waals surface area contributed by atoms with E-state index in [4.69, 9.17) is 4.74 Å². The number of rotatable bonds is 8. The molecule has 0 atom stereocenters. The van der Waals surface area contributed by atoms with Crippen LogP contribution < -0.4 is 15.4 Å². The zero-order valence-electron chi connectivity index (χ0n) is 13.3. The topological polar surface area (TPSA) is 59.1 Å². The third kappa shape index (κ3) is 4.76. The van der Waals surface area contributed by atoms with Gasteiger partial charge in [0.05, 0.1) is 7.11 Å². The molecule has 0 radical (unpaired) electrons. The highest BCUT2D eigenvalue weighted by Crippen LogP contribution is 2.30. The summed E-state index contributed by atoms with van der Waals surface area (Å²) in [5, 5.41) is 6.69. The van der Waals surface area contributed by atoms with Crippen molar-refractivity contribution in [1.82, 2.24) is 9.97 Å². The van der Waals surface area contributed by atoms with E-state index in [1.807, 2.05) is 0 Å². The van der Waals surface area contributed by atoms with Gasteiger partial charge in [0.1, 0.15) is 6.33 Å². The van der Waals surface area contributed by atoms with Gasteiger partial charge in [-0.25, -0.2) is 9.97 Å². The quantitative estimate of drug-likeness (QED) is 0.765. The van der Waals surface area contributed by atoms with Crippen molar-refractivity contribution < 1.29 is 4.74 Å². The maximum atomic E-state index is 5.47. The van der Waals surface area contributed by atoms with Crippen molar-refractivity contribution in [2.75, 3.05) is 30.8 Å². The molecule has 0 spiro atoms. The Kier molecular flexibility index (Phi) is 6.57. The zero-order valence-corrected chi connectivity index (χ0v) is 13.3. The molecule has 0 unspecified atom stereocenters. The van der Waals surface area contributed by atoms with Gasteiger partial charge in [0.15, 0.2) is 11.6 Å². The Morgan fingerprint density at radius 1 is 1.10 bits per heavy atom. The highest BCUT2D eigenvalue weighted by Gasteiger charge is 2.15. The number of hydrogen-bond acceptors (Lipinski definition) is 5. The molecule has 1 aliphatic rings. The number of ether oxygens (including phenoxy) is 1. The molecule has 1 saturated carbocycles. The van der Waals surface area contributed by atoms with Gasteiger partial charge in [0.25, 0.3) is 0 Å². The number of aromatic nitrogens is 2. The van der Waals surface area contributed by atoms with E-state index in [0.717, 1.165) is 42.8 Å². The Hall–Kier alpha value is -1.52. The molecule has 0 amide bonds. The molecule has 1 aromatic rings. The summed E-state index contributed by atoms with van der Waals surface area (Å²) >= 11 is 0. The maximum absolute atomic E-state index is 5.47. The molecule has 1 heterocycles. The third-order valence-electron chi connectivity index (χ3n) is 4.12. The Labute approximate surface area is 127 Å². The number of nitrogens with zero attached hydrogens (tertiary/aromatic N) is 2. The Morgan fingerprint density at radius 3 is 2.38 bits per heavy atom. The van der Waals surface area contributed by atoms with Crippen molar-refractivity contribution in [3.8, 4) is 5.75 Å². The second-order valence-electron chi connectivity index (χ2n) is 5.75. The van der Waals surface area contributed by atoms with Crippen LogP contribution in [0.4, 0.5) is 11.6 Å². The number of methoxy groups -OCH3 is 1. The van der Waals surface area contributed by atoms with Crippen LogP contribution in [0.1, 0.15) is 51.9 Å². The highest BCUT2D eigenvalue weighted by molar-refractivity contribution is 5.63. The van der Waals surface area contributed by atoms with Crippen LogP contribution >= 0.6 is 0 Å². The lowest BCUT2D eigenvalue weighted by atomic mass is 9.87. The maximum Gasteiger partial charge on any atom is 0.204 e. The van der Waals surface area contributed by atoms with E-state index >= 15 is 0 Å². The minimum Gasteiger partial charge on any atom is -0.490 e. The van der Waals surface area contributed by atoms with Gasteiger partial charge in [-0.2, -0.15) is 0 Å².